The van der Waals surface area contributed by atoms with Crippen LogP contribution in [0.5, 0.6) is 5.75 Å². The molecule has 17 heavy (non-hydrogen) atoms. The molecule has 0 saturated heterocycles. The first-order valence-corrected chi connectivity index (χ1v) is 5.91. The summed E-state index contributed by atoms with van der Waals surface area (Å²) < 4.78 is 14.0. The summed E-state index contributed by atoms with van der Waals surface area (Å²) in [6.45, 7) is 0.375. The van der Waals surface area contributed by atoms with Crippen molar-refractivity contribution >= 4 is 21.6 Å². The summed E-state index contributed by atoms with van der Waals surface area (Å²) in [5.74, 6) is -0.261. The lowest BCUT2D eigenvalue weighted by Gasteiger charge is -2.08. The normalized spacial score (nSPS) is 10.2. The maximum atomic E-state index is 13.0. The third-order valence-electron chi connectivity index (χ3n) is 2.35. The zero-order chi connectivity index (χ0) is 12.3. The summed E-state index contributed by atoms with van der Waals surface area (Å²) in [7, 11) is 0. The van der Waals surface area contributed by atoms with Crippen LogP contribution < -0.4 is 5.32 Å². The van der Waals surface area contributed by atoms with Crippen molar-refractivity contribution < 1.29 is 9.50 Å². The van der Waals surface area contributed by atoms with Gasteiger partial charge in [0.15, 0.2) is 0 Å². The Hall–Kier alpha value is -1.55. The molecule has 0 radical (unpaired) electrons. The van der Waals surface area contributed by atoms with E-state index in [-0.39, 0.29) is 11.6 Å². The second-order valence-electron chi connectivity index (χ2n) is 3.64. The Bertz CT molecular complexity index is 531. The van der Waals surface area contributed by atoms with Gasteiger partial charge < -0.3 is 10.4 Å². The van der Waals surface area contributed by atoms with Crippen molar-refractivity contribution in [1.82, 2.24) is 0 Å². The lowest BCUT2D eigenvalue weighted by atomic mass is 10.2. The summed E-state index contributed by atoms with van der Waals surface area (Å²) in [4.78, 5) is 0. The van der Waals surface area contributed by atoms with Crippen LogP contribution in [0.3, 0.4) is 0 Å². The third-order valence-corrected chi connectivity index (χ3v) is 2.84. The van der Waals surface area contributed by atoms with Crippen molar-refractivity contribution in [2.24, 2.45) is 0 Å². The number of halogens is 2. The van der Waals surface area contributed by atoms with Crippen molar-refractivity contribution in [1.29, 1.82) is 0 Å². The number of nitrogens with one attached hydrogen (secondary N) is 1. The van der Waals surface area contributed by atoms with Gasteiger partial charge in [-0.1, -0.05) is 22.0 Å². The highest BCUT2D eigenvalue weighted by molar-refractivity contribution is 9.10. The first-order chi connectivity index (χ1) is 8.15. The van der Waals surface area contributed by atoms with E-state index in [1.807, 2.05) is 24.3 Å². The van der Waals surface area contributed by atoms with Crippen LogP contribution in [0.25, 0.3) is 0 Å². The zero-order valence-corrected chi connectivity index (χ0v) is 10.5. The average molecular weight is 296 g/mol. The van der Waals surface area contributed by atoms with E-state index in [2.05, 4.69) is 21.2 Å². The molecule has 2 aromatic carbocycles. The first-order valence-electron chi connectivity index (χ1n) is 5.12. The molecule has 0 atom stereocenters. The van der Waals surface area contributed by atoms with Crippen LogP contribution in [0, 0.1) is 5.82 Å². The van der Waals surface area contributed by atoms with Crippen molar-refractivity contribution in [2.45, 2.75) is 6.54 Å². The number of hydrogen-bond acceptors (Lipinski definition) is 2. The number of benzene rings is 2. The largest absolute Gasteiger partial charge is 0.508 e. The molecule has 0 saturated carbocycles. The molecule has 0 heterocycles. The van der Waals surface area contributed by atoms with Gasteiger partial charge in [-0.2, -0.15) is 0 Å². The maximum absolute atomic E-state index is 13.0. The van der Waals surface area contributed by atoms with Gasteiger partial charge in [0, 0.05) is 22.3 Å². The summed E-state index contributed by atoms with van der Waals surface area (Å²) in [5, 5.41) is 12.7. The molecule has 88 valence electrons. The van der Waals surface area contributed by atoms with Gasteiger partial charge in [0.05, 0.1) is 0 Å². The number of rotatable bonds is 3. The van der Waals surface area contributed by atoms with Crippen LogP contribution >= 0.6 is 15.9 Å². The van der Waals surface area contributed by atoms with E-state index < -0.39 is 0 Å². The summed E-state index contributed by atoms with van der Waals surface area (Å²) in [6, 6.07) is 11.5. The lowest BCUT2D eigenvalue weighted by molar-refractivity contribution is 0.466. The molecule has 0 spiro atoms. The van der Waals surface area contributed by atoms with E-state index in [4.69, 9.17) is 0 Å². The number of phenolic OH excluding ortho intramolecular Hbond substituents is 1. The summed E-state index contributed by atoms with van der Waals surface area (Å²) in [5.41, 5.74) is 1.44. The van der Waals surface area contributed by atoms with Crippen LogP contribution in [0.4, 0.5) is 10.1 Å². The predicted octanol–water partition coefficient (Wildman–Crippen LogP) is 3.91. The minimum atomic E-state index is -0.353. The summed E-state index contributed by atoms with van der Waals surface area (Å²) in [6.07, 6.45) is 0. The Morgan fingerprint density at radius 3 is 2.76 bits per heavy atom. The van der Waals surface area contributed by atoms with Crippen LogP contribution in [-0.2, 0) is 6.54 Å². The highest BCUT2D eigenvalue weighted by atomic mass is 79.9. The first kappa shape index (κ1) is 11.9. The van der Waals surface area contributed by atoms with Gasteiger partial charge >= 0.3 is 0 Å². The molecule has 2 N–H and O–H groups in total. The van der Waals surface area contributed by atoms with E-state index in [9.17, 15) is 9.50 Å². The Morgan fingerprint density at radius 2 is 2.00 bits per heavy atom. The van der Waals surface area contributed by atoms with Gasteiger partial charge in [-0.3, -0.25) is 0 Å². The molecule has 0 unspecified atom stereocenters. The second kappa shape index (κ2) is 5.19. The Kier molecular flexibility index (Phi) is 3.64. The van der Waals surface area contributed by atoms with Gasteiger partial charge in [0.2, 0.25) is 0 Å². The lowest BCUT2D eigenvalue weighted by Crippen LogP contribution is -2.00. The molecule has 0 aromatic heterocycles. The summed E-state index contributed by atoms with van der Waals surface area (Å²) >= 11 is 3.37. The SMILES string of the molecule is Oc1ccc(F)cc1CNc1cccc(Br)c1. The zero-order valence-electron chi connectivity index (χ0n) is 8.95. The van der Waals surface area contributed by atoms with Crippen LogP contribution in [0.1, 0.15) is 5.56 Å². The number of phenols is 1. The number of anilines is 1. The van der Waals surface area contributed by atoms with Gasteiger partial charge in [0.25, 0.3) is 0 Å². The standard InChI is InChI=1S/C13H11BrFNO/c14-10-2-1-3-12(7-10)16-8-9-6-11(15)4-5-13(9)17/h1-7,16-17H,8H2. The molecular weight excluding hydrogens is 285 g/mol. The molecule has 4 heteroatoms. The van der Waals surface area contributed by atoms with E-state index >= 15 is 0 Å². The van der Waals surface area contributed by atoms with Crippen molar-refractivity contribution in [2.75, 3.05) is 5.32 Å². The second-order valence-corrected chi connectivity index (χ2v) is 4.55. The molecule has 2 rings (SSSR count). The molecule has 2 aromatic rings. The maximum Gasteiger partial charge on any atom is 0.123 e. The topological polar surface area (TPSA) is 32.3 Å². The fourth-order valence-corrected chi connectivity index (χ4v) is 1.89. The highest BCUT2D eigenvalue weighted by Gasteiger charge is 2.02. The smallest absolute Gasteiger partial charge is 0.123 e. The minimum Gasteiger partial charge on any atom is -0.508 e. The van der Waals surface area contributed by atoms with Crippen LogP contribution in [0.15, 0.2) is 46.9 Å². The molecular formula is C13H11BrFNO. The third kappa shape index (κ3) is 3.20. The Morgan fingerprint density at radius 1 is 1.18 bits per heavy atom. The van der Waals surface area contributed by atoms with Crippen molar-refractivity contribution in [3.63, 3.8) is 0 Å². The fraction of sp³-hybridized carbons (Fsp3) is 0.0769. The van der Waals surface area contributed by atoms with E-state index in [1.54, 1.807) is 0 Å². The highest BCUT2D eigenvalue weighted by Crippen LogP contribution is 2.21. The molecule has 0 aliphatic heterocycles. The minimum absolute atomic E-state index is 0.0916. The van der Waals surface area contributed by atoms with Gasteiger partial charge in [-0.25, -0.2) is 4.39 Å². The Balaban J connectivity index is 2.09. The van der Waals surface area contributed by atoms with Gasteiger partial charge in [-0.05, 0) is 36.4 Å². The van der Waals surface area contributed by atoms with Crippen LogP contribution in [0.2, 0.25) is 0 Å². The average Bonchev–Trinajstić information content (AvgIpc) is 2.30. The van der Waals surface area contributed by atoms with E-state index in [0.29, 0.717) is 12.1 Å². The molecule has 0 fully saturated rings. The van der Waals surface area contributed by atoms with Gasteiger partial charge in [-0.15, -0.1) is 0 Å². The molecule has 0 aliphatic carbocycles. The molecule has 2 nitrogen and oxygen atoms in total. The van der Waals surface area contributed by atoms with Gasteiger partial charge in [0.1, 0.15) is 11.6 Å². The predicted molar refractivity (Wildman–Crippen MR) is 69.5 cm³/mol. The van der Waals surface area contributed by atoms with Crippen molar-refractivity contribution in [3.8, 4) is 5.75 Å². The van der Waals surface area contributed by atoms with E-state index in [1.165, 1.54) is 18.2 Å². The molecule has 0 bridgehead atoms. The quantitative estimate of drug-likeness (QED) is 0.900. The molecule has 0 amide bonds. The van der Waals surface area contributed by atoms with E-state index in [0.717, 1.165) is 10.2 Å². The van der Waals surface area contributed by atoms with Crippen molar-refractivity contribution in [3.05, 3.63) is 58.3 Å². The fourth-order valence-electron chi connectivity index (χ4n) is 1.49. The molecule has 0 aliphatic rings. The van der Waals surface area contributed by atoms with Crippen LogP contribution in [-0.4, -0.2) is 5.11 Å². The Labute approximate surface area is 107 Å². The number of hydrogen-bond donors (Lipinski definition) is 2. The number of aromatic hydroxyl groups is 1. The monoisotopic (exact) mass is 295 g/mol.